The Bertz CT molecular complexity index is 1680. The standard InChI is InChI=1S/C27H29Cl2N3O4/c1-17-14-19(8-11-21(17)29)22(33)15-31-24(34)23(18-6-9-20(28)10-7-18)32(26(2,3)4)27(31)12-5-13-30(16-27)25(35)36/h6-11,14H,5,12-13,15-16H2,1-4H3/p+1/i5D2,6D,12D2,13D2,16D2. The van der Waals surface area contributed by atoms with E-state index in [4.69, 9.17) is 30.1 Å². The predicted molar refractivity (Wildman–Crippen MR) is 139 cm³/mol. The van der Waals surface area contributed by atoms with Crippen LogP contribution in [0.1, 0.15) is 67.3 Å². The van der Waals surface area contributed by atoms with Crippen LogP contribution in [-0.2, 0) is 4.79 Å². The molecule has 9 heteroatoms. The molecule has 4 rings (SSSR count). The summed E-state index contributed by atoms with van der Waals surface area (Å²) in [5.74, 6) is -2.08. The van der Waals surface area contributed by atoms with Gasteiger partial charge in [-0.2, -0.15) is 4.58 Å². The topological polar surface area (TPSA) is 80.9 Å². The number of piperidine rings is 1. The van der Waals surface area contributed by atoms with Crippen molar-refractivity contribution in [2.45, 2.75) is 51.6 Å². The molecule has 2 aromatic rings. The van der Waals surface area contributed by atoms with Crippen LogP contribution < -0.4 is 0 Å². The fourth-order valence-corrected chi connectivity index (χ4v) is 4.45. The van der Waals surface area contributed by atoms with E-state index in [0.29, 0.717) is 15.5 Å². The zero-order chi connectivity index (χ0) is 34.5. The van der Waals surface area contributed by atoms with Gasteiger partial charge in [-0.25, -0.2) is 4.79 Å². The Balaban J connectivity index is 2.22. The lowest BCUT2D eigenvalue weighted by Crippen LogP contribution is -2.66. The van der Waals surface area contributed by atoms with E-state index in [2.05, 4.69) is 0 Å². The van der Waals surface area contributed by atoms with Crippen LogP contribution in [-0.4, -0.2) is 73.7 Å². The van der Waals surface area contributed by atoms with Crippen LogP contribution in [0.3, 0.4) is 0 Å². The summed E-state index contributed by atoms with van der Waals surface area (Å²) in [6.07, 6.45) is -9.91. The second-order valence-electron chi connectivity index (χ2n) is 9.32. The van der Waals surface area contributed by atoms with E-state index in [0.717, 1.165) is 4.58 Å². The summed E-state index contributed by atoms with van der Waals surface area (Å²) in [5.41, 5.74) is -5.22. The number of ketones is 1. The number of hydrogen-bond donors (Lipinski definition) is 1. The normalized spacial score (nSPS) is 29.7. The van der Waals surface area contributed by atoms with Crippen molar-refractivity contribution in [3.05, 3.63) is 69.2 Å². The van der Waals surface area contributed by atoms with Gasteiger partial charge in [0, 0.05) is 36.7 Å². The number of benzene rings is 2. The van der Waals surface area contributed by atoms with E-state index >= 15 is 0 Å². The highest BCUT2D eigenvalue weighted by Gasteiger charge is 2.64. The molecule has 2 amide bonds. The monoisotopic (exact) mass is 539 g/mol. The second kappa shape index (κ2) is 9.52. The largest absolute Gasteiger partial charge is 0.465 e. The summed E-state index contributed by atoms with van der Waals surface area (Å²) in [4.78, 5) is 41.0. The van der Waals surface area contributed by atoms with Crippen LogP contribution in [0.4, 0.5) is 4.79 Å². The zero-order valence-electron chi connectivity index (χ0n) is 28.9. The molecule has 0 aromatic heterocycles. The number of carbonyl (C=O) groups is 3. The molecule has 36 heavy (non-hydrogen) atoms. The SMILES string of the molecule is [2H]c1cc(Cl)ccc1C1=[N+](C(C)(C)C)C2(N(CC(=O)c3ccc(Cl)c(C)c3)C1=O)C([2H])([2H])N(C(=O)O)C([2H])([2H])C([2H])([2H])C2([2H])[2H]. The molecule has 1 unspecified atom stereocenters. The van der Waals surface area contributed by atoms with Crippen LogP contribution in [0.15, 0.2) is 42.4 Å². The molecule has 2 aliphatic heterocycles. The lowest BCUT2D eigenvalue weighted by Gasteiger charge is -2.43. The number of Topliss-reactive ketones (excluding diaryl/α,β-unsaturated/α-hetero) is 1. The van der Waals surface area contributed by atoms with E-state index < -0.39 is 71.9 Å². The number of rotatable bonds is 4. The molecular formula is C27H30Cl2N3O4+. The number of carbonyl (C=O) groups excluding carboxylic acids is 2. The Hall–Kier alpha value is -2.90. The summed E-state index contributed by atoms with van der Waals surface area (Å²) in [6, 6.07) is 7.49. The maximum atomic E-state index is 14.6. The third-order valence-electron chi connectivity index (χ3n) is 5.73. The van der Waals surface area contributed by atoms with Gasteiger partial charge < -0.3 is 5.11 Å². The number of amides is 2. The first kappa shape index (κ1) is 16.8. The van der Waals surface area contributed by atoms with Crippen LogP contribution in [0.25, 0.3) is 0 Å². The smallest absolute Gasteiger partial charge is 0.407 e. The lowest BCUT2D eigenvalue weighted by atomic mass is 9.91. The molecule has 1 spiro atoms. The quantitative estimate of drug-likeness (QED) is 0.433. The minimum atomic E-state index is -3.84. The minimum Gasteiger partial charge on any atom is -0.465 e. The fraction of sp³-hybridized carbons (Fsp3) is 0.407. The molecule has 2 aromatic carbocycles. The average molecular weight is 541 g/mol. The molecule has 0 bridgehead atoms. The Kier molecular flexibility index (Phi) is 4.44. The molecule has 190 valence electrons. The van der Waals surface area contributed by atoms with Gasteiger partial charge in [0.25, 0.3) is 11.4 Å². The van der Waals surface area contributed by atoms with Crippen molar-refractivity contribution in [1.82, 2.24) is 9.80 Å². The Labute approximate surface area is 233 Å². The first-order chi connectivity index (χ1) is 20.3. The molecule has 1 saturated heterocycles. The van der Waals surface area contributed by atoms with Gasteiger partial charge in [-0.1, -0.05) is 23.2 Å². The molecule has 0 radical (unpaired) electrons. The van der Waals surface area contributed by atoms with E-state index in [-0.39, 0.29) is 22.2 Å². The van der Waals surface area contributed by atoms with E-state index in [1.54, 1.807) is 6.92 Å². The van der Waals surface area contributed by atoms with Gasteiger partial charge in [-0.3, -0.25) is 19.4 Å². The molecular weight excluding hydrogens is 501 g/mol. The van der Waals surface area contributed by atoms with Crippen LogP contribution in [0, 0.1) is 6.92 Å². The fourth-order valence-electron chi connectivity index (χ4n) is 4.21. The number of halogens is 2. The van der Waals surface area contributed by atoms with Crippen molar-refractivity contribution in [3.8, 4) is 0 Å². The number of carboxylic acid groups (broad SMARTS) is 1. The maximum absolute atomic E-state index is 14.6. The summed E-state index contributed by atoms with van der Waals surface area (Å²) in [6.45, 7) is -2.83. The van der Waals surface area contributed by atoms with E-state index in [9.17, 15) is 25.0 Å². The summed E-state index contributed by atoms with van der Waals surface area (Å²) in [5, 5.41) is 10.6. The van der Waals surface area contributed by atoms with Gasteiger partial charge in [0.1, 0.15) is 6.50 Å². The number of aryl methyl sites for hydroxylation is 1. The van der Waals surface area contributed by atoms with Gasteiger partial charge in [0.05, 0.1) is 16.2 Å². The predicted octanol–water partition coefficient (Wildman–Crippen LogP) is 5.10. The van der Waals surface area contributed by atoms with Crippen molar-refractivity contribution in [2.24, 2.45) is 0 Å². The zero-order valence-corrected chi connectivity index (χ0v) is 21.5. The van der Waals surface area contributed by atoms with Crippen LogP contribution >= 0.6 is 23.2 Å². The molecule has 7 nitrogen and oxygen atoms in total. The van der Waals surface area contributed by atoms with Crippen molar-refractivity contribution in [1.29, 1.82) is 0 Å². The number of likely N-dealkylation sites (tertiary alicyclic amines) is 1. The van der Waals surface area contributed by atoms with E-state index in [1.165, 1.54) is 57.2 Å². The summed E-state index contributed by atoms with van der Waals surface area (Å²) < 4.78 is 80.7. The van der Waals surface area contributed by atoms with Crippen molar-refractivity contribution >= 4 is 46.7 Å². The second-order valence-corrected chi connectivity index (χ2v) is 10.2. The average Bonchev–Trinajstić information content (AvgIpc) is 3.14. The van der Waals surface area contributed by atoms with Gasteiger partial charge in [-0.05, 0) is 82.1 Å². The molecule has 1 N–H and O–H groups in total. The first-order valence-corrected chi connectivity index (χ1v) is 11.7. The highest BCUT2D eigenvalue weighted by molar-refractivity contribution is 6.44. The molecule has 0 saturated carbocycles. The van der Waals surface area contributed by atoms with E-state index in [1.807, 2.05) is 0 Å². The third-order valence-corrected chi connectivity index (χ3v) is 6.39. The van der Waals surface area contributed by atoms with Crippen molar-refractivity contribution < 1.29 is 36.4 Å². The molecule has 2 heterocycles. The van der Waals surface area contributed by atoms with Crippen LogP contribution in [0.2, 0.25) is 10.0 Å². The highest BCUT2D eigenvalue weighted by Crippen LogP contribution is 2.39. The Morgan fingerprint density at radius 2 is 1.94 bits per heavy atom. The van der Waals surface area contributed by atoms with Gasteiger partial charge in [-0.15, -0.1) is 0 Å². The number of hydrogen-bond acceptors (Lipinski definition) is 3. The molecule has 0 aliphatic carbocycles. The molecule has 1 fully saturated rings. The third kappa shape index (κ3) is 4.62. The van der Waals surface area contributed by atoms with Crippen molar-refractivity contribution in [2.75, 3.05) is 19.5 Å². The van der Waals surface area contributed by atoms with Gasteiger partial charge in [0.15, 0.2) is 11.3 Å². The van der Waals surface area contributed by atoms with Gasteiger partial charge >= 0.3 is 12.0 Å². The molecule has 1 atom stereocenters. The summed E-state index contributed by atoms with van der Waals surface area (Å²) >= 11 is 12.2. The van der Waals surface area contributed by atoms with Gasteiger partial charge in [0.2, 0.25) is 0 Å². The Morgan fingerprint density at radius 1 is 1.22 bits per heavy atom. The highest BCUT2D eigenvalue weighted by atomic mass is 35.5. The first-order valence-electron chi connectivity index (χ1n) is 15.4. The molecule has 2 aliphatic rings. The summed E-state index contributed by atoms with van der Waals surface area (Å²) in [7, 11) is 0. The minimum absolute atomic E-state index is 0.0198. The number of nitrogens with zero attached hydrogens (tertiary/aromatic N) is 3. The van der Waals surface area contributed by atoms with Crippen LogP contribution in [0.5, 0.6) is 0 Å². The van der Waals surface area contributed by atoms with Crippen molar-refractivity contribution in [3.63, 3.8) is 0 Å². The Morgan fingerprint density at radius 3 is 2.56 bits per heavy atom. The maximum Gasteiger partial charge on any atom is 0.407 e. The lowest BCUT2D eigenvalue weighted by molar-refractivity contribution is -0.680.